The minimum absolute atomic E-state index is 0.0883. The number of carbonyl (C=O) groups is 1. The van der Waals surface area contributed by atoms with Crippen molar-refractivity contribution in [1.82, 2.24) is 0 Å². The highest BCUT2D eigenvalue weighted by molar-refractivity contribution is 5.91. The van der Waals surface area contributed by atoms with Crippen LogP contribution in [0.1, 0.15) is 27.4 Å². The van der Waals surface area contributed by atoms with Crippen LogP contribution < -0.4 is 0 Å². The molecule has 0 aromatic heterocycles. The van der Waals surface area contributed by atoms with E-state index in [0.717, 1.165) is 5.56 Å². The topological polar surface area (TPSA) is 37.3 Å². The molecule has 0 saturated heterocycles. The second-order valence-electron chi connectivity index (χ2n) is 3.51. The molecule has 0 fully saturated rings. The zero-order chi connectivity index (χ0) is 11.5. The van der Waals surface area contributed by atoms with Crippen LogP contribution in [0.2, 0.25) is 0 Å². The Morgan fingerprint density at radius 2 is 2.00 bits per heavy atom. The molecule has 0 amide bonds. The van der Waals surface area contributed by atoms with Crippen LogP contribution in [0, 0.1) is 12.3 Å². The molecule has 1 aliphatic carbocycles. The lowest BCUT2D eigenvalue weighted by molar-refractivity contribution is 0.0696. The minimum atomic E-state index is -0.985. The zero-order valence-corrected chi connectivity index (χ0v) is 8.55. The summed E-state index contributed by atoms with van der Waals surface area (Å²) in [4.78, 5) is 11.0. The lowest BCUT2D eigenvalue weighted by atomic mass is 9.92. The first kappa shape index (κ1) is 10.3. The summed E-state index contributed by atoms with van der Waals surface area (Å²) in [6.07, 6.45) is 13.2. The van der Waals surface area contributed by atoms with Crippen molar-refractivity contribution in [3.05, 3.63) is 59.2 Å². The molecule has 0 saturated carbocycles. The molecule has 1 aliphatic rings. The summed E-state index contributed by atoms with van der Waals surface area (Å²) in [5, 5.41) is 9.03. The number of carboxylic acids is 1. The number of allylic oxidation sites excluding steroid dienone is 4. The third kappa shape index (κ3) is 1.64. The van der Waals surface area contributed by atoms with Gasteiger partial charge < -0.3 is 5.11 Å². The fourth-order valence-electron chi connectivity index (χ4n) is 1.83. The Labute approximate surface area is 93.9 Å². The van der Waals surface area contributed by atoms with Crippen molar-refractivity contribution >= 4 is 5.97 Å². The summed E-state index contributed by atoms with van der Waals surface area (Å²) in [6, 6.07) is 5.12. The average molecular weight is 210 g/mol. The number of rotatable bonds is 2. The molecule has 1 aromatic carbocycles. The number of carboxylic acid groups (broad SMARTS) is 1. The van der Waals surface area contributed by atoms with Crippen LogP contribution in [0.5, 0.6) is 0 Å². The monoisotopic (exact) mass is 210 g/mol. The van der Waals surface area contributed by atoms with Gasteiger partial charge in [-0.25, -0.2) is 4.79 Å². The highest BCUT2D eigenvalue weighted by Crippen LogP contribution is 2.27. The summed E-state index contributed by atoms with van der Waals surface area (Å²) < 4.78 is 0. The number of aromatic carboxylic acids is 1. The van der Waals surface area contributed by atoms with Gasteiger partial charge in [-0.2, -0.15) is 0 Å². The second kappa shape index (κ2) is 4.08. The van der Waals surface area contributed by atoms with Gasteiger partial charge in [-0.05, 0) is 11.6 Å². The van der Waals surface area contributed by atoms with E-state index >= 15 is 0 Å². The Balaban J connectivity index is 2.58. The minimum Gasteiger partial charge on any atom is -0.478 e. The van der Waals surface area contributed by atoms with Gasteiger partial charge in [0.25, 0.3) is 0 Å². The predicted molar refractivity (Wildman–Crippen MR) is 62.4 cm³/mol. The van der Waals surface area contributed by atoms with Crippen LogP contribution in [0.25, 0.3) is 0 Å². The average Bonchev–Trinajstić information content (AvgIpc) is 2.81. The molecule has 1 aromatic rings. The zero-order valence-electron chi connectivity index (χ0n) is 8.55. The normalized spacial score (nSPS) is 13.9. The molecular formula is C14H10O2. The van der Waals surface area contributed by atoms with E-state index in [0.29, 0.717) is 5.56 Å². The van der Waals surface area contributed by atoms with Crippen LogP contribution in [0.4, 0.5) is 0 Å². The molecule has 0 radical (unpaired) electrons. The molecule has 0 spiro atoms. The van der Waals surface area contributed by atoms with Gasteiger partial charge in [-0.3, -0.25) is 0 Å². The third-order valence-corrected chi connectivity index (χ3v) is 2.58. The smallest absolute Gasteiger partial charge is 0.336 e. The summed E-state index contributed by atoms with van der Waals surface area (Å²) in [5.74, 6) is 1.58. The predicted octanol–water partition coefficient (Wildman–Crippen LogP) is 2.58. The van der Waals surface area contributed by atoms with Crippen LogP contribution in [-0.2, 0) is 0 Å². The first-order chi connectivity index (χ1) is 7.74. The van der Waals surface area contributed by atoms with E-state index < -0.39 is 5.97 Å². The van der Waals surface area contributed by atoms with E-state index in [1.54, 1.807) is 6.07 Å². The van der Waals surface area contributed by atoms with Crippen molar-refractivity contribution in [3.8, 4) is 12.3 Å². The highest BCUT2D eigenvalue weighted by Gasteiger charge is 2.16. The summed E-state index contributed by atoms with van der Waals surface area (Å²) >= 11 is 0. The van der Waals surface area contributed by atoms with E-state index in [-0.39, 0.29) is 11.5 Å². The number of hydrogen-bond acceptors (Lipinski definition) is 1. The molecule has 16 heavy (non-hydrogen) atoms. The van der Waals surface area contributed by atoms with Crippen LogP contribution >= 0.6 is 0 Å². The molecule has 0 aliphatic heterocycles. The second-order valence-corrected chi connectivity index (χ2v) is 3.51. The van der Waals surface area contributed by atoms with Crippen molar-refractivity contribution in [2.75, 3.05) is 0 Å². The molecule has 0 unspecified atom stereocenters. The van der Waals surface area contributed by atoms with E-state index in [9.17, 15) is 4.79 Å². The largest absolute Gasteiger partial charge is 0.478 e. The highest BCUT2D eigenvalue weighted by atomic mass is 16.4. The van der Waals surface area contributed by atoms with Gasteiger partial charge >= 0.3 is 5.97 Å². The molecule has 2 heteroatoms. The Kier molecular flexibility index (Phi) is 2.61. The molecule has 0 bridgehead atoms. The number of hydrogen-bond donors (Lipinski definition) is 1. The van der Waals surface area contributed by atoms with Crippen LogP contribution in [-0.4, -0.2) is 11.1 Å². The fraction of sp³-hybridized carbons (Fsp3) is 0.0714. The maximum absolute atomic E-state index is 11.0. The van der Waals surface area contributed by atoms with Gasteiger partial charge in [0.2, 0.25) is 0 Å². The van der Waals surface area contributed by atoms with Crippen molar-refractivity contribution in [2.45, 2.75) is 5.92 Å². The summed E-state index contributed by atoms with van der Waals surface area (Å²) in [6.45, 7) is 0. The van der Waals surface area contributed by atoms with Crippen LogP contribution in [0.3, 0.4) is 0 Å². The van der Waals surface area contributed by atoms with Crippen molar-refractivity contribution in [2.24, 2.45) is 0 Å². The lowest BCUT2D eigenvalue weighted by Crippen LogP contribution is -2.04. The SMILES string of the molecule is C#Cc1c(C(=O)O)cccc1C1C=CC=C1. The molecular weight excluding hydrogens is 200 g/mol. The van der Waals surface area contributed by atoms with Gasteiger partial charge in [-0.1, -0.05) is 42.4 Å². The quantitative estimate of drug-likeness (QED) is 0.762. The van der Waals surface area contributed by atoms with Crippen molar-refractivity contribution < 1.29 is 9.90 Å². The van der Waals surface area contributed by atoms with Crippen molar-refractivity contribution in [1.29, 1.82) is 0 Å². The Morgan fingerprint density at radius 3 is 2.56 bits per heavy atom. The maximum Gasteiger partial charge on any atom is 0.336 e. The summed E-state index contributed by atoms with van der Waals surface area (Å²) in [7, 11) is 0. The molecule has 1 N–H and O–H groups in total. The van der Waals surface area contributed by atoms with Gasteiger partial charge in [0.15, 0.2) is 0 Å². The third-order valence-electron chi connectivity index (χ3n) is 2.58. The Hall–Kier alpha value is -2.27. The first-order valence-electron chi connectivity index (χ1n) is 4.92. The van der Waals surface area contributed by atoms with Gasteiger partial charge in [0.05, 0.1) is 5.56 Å². The molecule has 0 atom stereocenters. The molecule has 78 valence electrons. The lowest BCUT2D eigenvalue weighted by Gasteiger charge is -2.11. The van der Waals surface area contributed by atoms with E-state index in [2.05, 4.69) is 5.92 Å². The molecule has 2 rings (SSSR count). The Morgan fingerprint density at radius 1 is 1.31 bits per heavy atom. The molecule has 2 nitrogen and oxygen atoms in total. The summed E-state index contributed by atoms with van der Waals surface area (Å²) in [5.41, 5.74) is 1.53. The van der Waals surface area contributed by atoms with E-state index in [4.69, 9.17) is 11.5 Å². The Bertz CT molecular complexity index is 518. The molecule has 0 heterocycles. The standard InChI is InChI=1S/C14H10O2/c1-2-11-12(10-6-3-4-7-10)8-5-9-13(11)14(15)16/h1,3-10H,(H,15,16). The van der Waals surface area contributed by atoms with E-state index in [1.165, 1.54) is 6.07 Å². The maximum atomic E-state index is 11.0. The fourth-order valence-corrected chi connectivity index (χ4v) is 1.83. The van der Waals surface area contributed by atoms with E-state index in [1.807, 2.05) is 30.4 Å². The van der Waals surface area contributed by atoms with Gasteiger partial charge in [-0.15, -0.1) is 6.42 Å². The van der Waals surface area contributed by atoms with Crippen molar-refractivity contribution in [3.63, 3.8) is 0 Å². The van der Waals surface area contributed by atoms with Gasteiger partial charge in [0.1, 0.15) is 0 Å². The van der Waals surface area contributed by atoms with Crippen LogP contribution in [0.15, 0.2) is 42.5 Å². The number of benzene rings is 1. The first-order valence-corrected chi connectivity index (χ1v) is 4.92. The number of terminal acetylenes is 1. The van der Waals surface area contributed by atoms with Gasteiger partial charge in [0, 0.05) is 11.5 Å².